The van der Waals surface area contributed by atoms with Crippen LogP contribution in [0.25, 0.3) is 0 Å². The topological polar surface area (TPSA) is 57.2 Å². The minimum absolute atomic E-state index is 0.263. The third-order valence-electron chi connectivity index (χ3n) is 5.32. The van der Waals surface area contributed by atoms with E-state index in [0.717, 1.165) is 0 Å². The lowest BCUT2D eigenvalue weighted by Crippen LogP contribution is -2.63. The Hall–Kier alpha value is -0.460. The Morgan fingerprint density at radius 2 is 1.77 bits per heavy atom. The van der Waals surface area contributed by atoms with Gasteiger partial charge in [-0.15, -0.1) is 0 Å². The van der Waals surface area contributed by atoms with Crippen LogP contribution in [0, 0.1) is 5.92 Å². The Bertz CT molecular complexity index is 404. The van der Waals surface area contributed by atoms with E-state index < -0.39 is 23.8 Å². The van der Waals surface area contributed by atoms with Gasteiger partial charge in [0, 0.05) is 14.2 Å². The van der Waals surface area contributed by atoms with Crippen LogP contribution in [0.4, 0.5) is 0 Å². The van der Waals surface area contributed by atoms with E-state index in [9.17, 15) is 5.11 Å². The van der Waals surface area contributed by atoms with E-state index in [0.29, 0.717) is 5.92 Å². The zero-order valence-corrected chi connectivity index (χ0v) is 14.4. The van der Waals surface area contributed by atoms with Gasteiger partial charge in [-0.25, -0.2) is 0 Å². The van der Waals surface area contributed by atoms with Gasteiger partial charge in [0.15, 0.2) is 0 Å². The van der Waals surface area contributed by atoms with Crippen LogP contribution in [0.3, 0.4) is 0 Å². The molecule has 1 N–H and O–H groups in total. The van der Waals surface area contributed by atoms with Crippen molar-refractivity contribution in [3.63, 3.8) is 0 Å². The number of hydrogen-bond donors (Lipinski definition) is 1. The SMILES string of the molecule is CO[C@]1(C)OC[C@@H]([C@@H](O)/C=C(\C)C2CCCC2)O[C@@]1(C)OC. The largest absolute Gasteiger partial charge is 0.386 e. The van der Waals surface area contributed by atoms with E-state index >= 15 is 0 Å². The molecule has 0 unspecified atom stereocenters. The maximum absolute atomic E-state index is 10.5. The van der Waals surface area contributed by atoms with Gasteiger partial charge in [0.05, 0.1) is 6.61 Å². The number of hydrogen-bond acceptors (Lipinski definition) is 5. The maximum atomic E-state index is 10.5. The average Bonchev–Trinajstić information content (AvgIpc) is 3.04. The molecule has 0 bridgehead atoms. The summed E-state index contributed by atoms with van der Waals surface area (Å²) in [6.07, 6.45) is 5.73. The highest BCUT2D eigenvalue weighted by Gasteiger charge is 2.54. The van der Waals surface area contributed by atoms with Crippen LogP contribution in [0.15, 0.2) is 11.6 Å². The highest BCUT2D eigenvalue weighted by molar-refractivity contribution is 5.09. The van der Waals surface area contributed by atoms with Crippen LogP contribution in [-0.4, -0.2) is 49.7 Å². The number of allylic oxidation sites excluding steroid dienone is 1. The number of ether oxygens (including phenoxy) is 4. The molecule has 1 saturated heterocycles. The van der Waals surface area contributed by atoms with Gasteiger partial charge in [-0.05, 0) is 39.5 Å². The summed E-state index contributed by atoms with van der Waals surface area (Å²) in [4.78, 5) is 0. The molecular formula is C17H30O5. The Labute approximate surface area is 133 Å². The molecular weight excluding hydrogens is 284 g/mol. The Balaban J connectivity index is 2.05. The summed E-state index contributed by atoms with van der Waals surface area (Å²) in [6, 6.07) is 0. The monoisotopic (exact) mass is 314 g/mol. The minimum atomic E-state index is -1.07. The first-order valence-corrected chi connectivity index (χ1v) is 8.13. The second-order valence-corrected chi connectivity index (χ2v) is 6.65. The molecule has 0 aromatic carbocycles. The molecule has 128 valence electrons. The van der Waals surface area contributed by atoms with Gasteiger partial charge in [0.2, 0.25) is 11.6 Å². The molecule has 0 radical (unpaired) electrons. The van der Waals surface area contributed by atoms with Crippen LogP contribution in [0.2, 0.25) is 0 Å². The maximum Gasteiger partial charge on any atom is 0.220 e. The molecule has 1 aliphatic carbocycles. The predicted molar refractivity (Wildman–Crippen MR) is 83.4 cm³/mol. The highest BCUT2D eigenvalue weighted by Crippen LogP contribution is 2.38. The summed E-state index contributed by atoms with van der Waals surface area (Å²) >= 11 is 0. The Morgan fingerprint density at radius 3 is 2.32 bits per heavy atom. The fourth-order valence-electron chi connectivity index (χ4n) is 3.34. The lowest BCUT2D eigenvalue weighted by molar-refractivity contribution is -0.435. The van der Waals surface area contributed by atoms with Gasteiger partial charge < -0.3 is 24.1 Å². The molecule has 5 nitrogen and oxygen atoms in total. The summed E-state index contributed by atoms with van der Waals surface area (Å²) in [6.45, 7) is 5.90. The second-order valence-electron chi connectivity index (χ2n) is 6.65. The Morgan fingerprint density at radius 1 is 1.18 bits per heavy atom. The molecule has 0 amide bonds. The number of aliphatic hydroxyl groups is 1. The van der Waals surface area contributed by atoms with E-state index in [2.05, 4.69) is 6.92 Å². The quantitative estimate of drug-likeness (QED) is 0.791. The molecule has 0 aromatic rings. The summed E-state index contributed by atoms with van der Waals surface area (Å²) in [5.41, 5.74) is 1.24. The molecule has 1 heterocycles. The van der Waals surface area contributed by atoms with Crippen molar-refractivity contribution in [3.05, 3.63) is 11.6 Å². The molecule has 0 aromatic heterocycles. The highest BCUT2D eigenvalue weighted by atomic mass is 16.8. The van der Waals surface area contributed by atoms with E-state index in [1.807, 2.05) is 6.08 Å². The van der Waals surface area contributed by atoms with Crippen molar-refractivity contribution in [1.82, 2.24) is 0 Å². The summed E-state index contributed by atoms with van der Waals surface area (Å²) in [7, 11) is 3.11. The lowest BCUT2D eigenvalue weighted by atomic mass is 9.96. The lowest BCUT2D eigenvalue weighted by Gasteiger charge is -2.49. The predicted octanol–water partition coefficient (Wildman–Crippen LogP) is 2.62. The van der Waals surface area contributed by atoms with Crippen LogP contribution in [0.1, 0.15) is 46.5 Å². The zero-order chi connectivity index (χ0) is 16.4. The second kappa shape index (κ2) is 6.97. The van der Waals surface area contributed by atoms with Crippen molar-refractivity contribution >= 4 is 0 Å². The number of aliphatic hydroxyl groups excluding tert-OH is 1. The first kappa shape index (κ1) is 17.9. The molecule has 5 heteroatoms. The van der Waals surface area contributed by atoms with Crippen molar-refractivity contribution in [2.45, 2.75) is 70.2 Å². The third-order valence-corrected chi connectivity index (χ3v) is 5.32. The van der Waals surface area contributed by atoms with Gasteiger partial charge in [0.25, 0.3) is 0 Å². The van der Waals surface area contributed by atoms with Crippen molar-refractivity contribution in [1.29, 1.82) is 0 Å². The van der Waals surface area contributed by atoms with Gasteiger partial charge in [-0.1, -0.05) is 24.5 Å². The molecule has 22 heavy (non-hydrogen) atoms. The average molecular weight is 314 g/mol. The van der Waals surface area contributed by atoms with Gasteiger partial charge in [0.1, 0.15) is 12.2 Å². The van der Waals surface area contributed by atoms with Gasteiger partial charge >= 0.3 is 0 Å². The van der Waals surface area contributed by atoms with E-state index in [1.54, 1.807) is 28.1 Å². The van der Waals surface area contributed by atoms with Crippen molar-refractivity contribution in [2.75, 3.05) is 20.8 Å². The van der Waals surface area contributed by atoms with Crippen molar-refractivity contribution in [3.8, 4) is 0 Å². The van der Waals surface area contributed by atoms with E-state index in [1.165, 1.54) is 31.3 Å². The minimum Gasteiger partial charge on any atom is -0.386 e. The summed E-state index contributed by atoms with van der Waals surface area (Å²) in [5, 5.41) is 10.5. The first-order chi connectivity index (χ1) is 10.3. The molecule has 0 spiro atoms. The molecule has 2 fully saturated rings. The smallest absolute Gasteiger partial charge is 0.220 e. The van der Waals surface area contributed by atoms with Crippen molar-refractivity contribution < 1.29 is 24.1 Å². The normalized spacial score (nSPS) is 39.2. The van der Waals surface area contributed by atoms with Crippen LogP contribution < -0.4 is 0 Å². The van der Waals surface area contributed by atoms with Gasteiger partial charge in [-0.3, -0.25) is 0 Å². The molecule has 4 atom stereocenters. The zero-order valence-electron chi connectivity index (χ0n) is 14.4. The van der Waals surface area contributed by atoms with Crippen molar-refractivity contribution in [2.24, 2.45) is 5.92 Å². The van der Waals surface area contributed by atoms with E-state index in [-0.39, 0.29) is 6.61 Å². The fraction of sp³-hybridized carbons (Fsp3) is 0.882. The molecule has 2 rings (SSSR count). The summed E-state index contributed by atoms with van der Waals surface area (Å²) < 4.78 is 22.7. The Kier molecular flexibility index (Phi) is 5.67. The van der Waals surface area contributed by atoms with E-state index in [4.69, 9.17) is 18.9 Å². The van der Waals surface area contributed by atoms with Crippen LogP contribution in [-0.2, 0) is 18.9 Å². The fourth-order valence-corrected chi connectivity index (χ4v) is 3.34. The molecule has 1 saturated carbocycles. The number of methoxy groups -OCH3 is 2. The third kappa shape index (κ3) is 3.39. The summed E-state index contributed by atoms with van der Waals surface area (Å²) in [5.74, 6) is -1.47. The van der Waals surface area contributed by atoms with Gasteiger partial charge in [-0.2, -0.15) is 0 Å². The standard InChI is InChI=1S/C17H30O5/c1-12(13-8-6-7-9-13)10-14(18)15-11-21-16(2,19-4)17(3,20-5)22-15/h10,13-15,18H,6-9,11H2,1-5H3/b12-10+/t14-,15-,16+,17+/m0/s1. The molecule has 2 aliphatic rings. The molecule has 1 aliphatic heterocycles. The van der Waals surface area contributed by atoms with Crippen LogP contribution >= 0.6 is 0 Å². The number of rotatable bonds is 5. The first-order valence-electron chi connectivity index (χ1n) is 8.13. The van der Waals surface area contributed by atoms with Crippen LogP contribution in [0.5, 0.6) is 0 Å².